The van der Waals surface area contributed by atoms with Gasteiger partial charge in [0.25, 0.3) is 0 Å². The van der Waals surface area contributed by atoms with Gasteiger partial charge >= 0.3 is 0 Å². The van der Waals surface area contributed by atoms with Crippen molar-refractivity contribution >= 4 is 10.9 Å². The van der Waals surface area contributed by atoms with E-state index in [2.05, 4.69) is 250 Å². The number of hydrogen-bond donors (Lipinski definition) is 0. The van der Waals surface area contributed by atoms with Crippen molar-refractivity contribution in [2.45, 2.75) is 192 Å². The Hall–Kier alpha value is -5.55. The van der Waals surface area contributed by atoms with Crippen LogP contribution in [0.15, 0.2) is 134 Å². The van der Waals surface area contributed by atoms with Crippen molar-refractivity contribution in [3.8, 4) is 0 Å². The highest BCUT2D eigenvalue weighted by Gasteiger charge is 2.18. The Morgan fingerprint density at radius 3 is 1.23 bits per heavy atom. The first-order valence-corrected chi connectivity index (χ1v) is 25.0. The summed E-state index contributed by atoms with van der Waals surface area (Å²) in [5.74, 6) is -0.280. The fourth-order valence-electron chi connectivity index (χ4n) is 6.52. The van der Waals surface area contributed by atoms with Gasteiger partial charge in [-0.05, 0) is 109 Å². The van der Waals surface area contributed by atoms with Crippen molar-refractivity contribution < 1.29 is 4.39 Å². The van der Waals surface area contributed by atoms with Gasteiger partial charge in [0.2, 0.25) is 0 Å². The standard InChI is InChI=1S/C14H17N.2C11H16.2C10H15N.C9H12FN/c1-10-6-5-7-11-8-9-12(14(2,3)4)15-13(10)11;1-9-5-7-10(8-6-9)11(2,3)4;1-9-6-5-7-10(8-9)11(2,3)4;1-8-5-6-9(7-11-8)10(2,3)4;1-8-5-6-9(11-7-8)10(2,3)4;1-9(2,3)8-5-4-7(10)6-11-8/h5-9H,1-4H3;2*5-8H,1-4H3;2*5-7H,1-4H3;4-6H,1-3H3. The monoisotopic (exact) mass is 947 g/mol. The highest BCUT2D eigenvalue weighted by Crippen LogP contribution is 2.26. The van der Waals surface area contributed by atoms with E-state index in [4.69, 9.17) is 4.98 Å². The number of fused-ring (bicyclic) bond motifs is 1. The molecule has 70 heavy (non-hydrogen) atoms. The number of halogens is 1. The molecule has 0 bridgehead atoms. The van der Waals surface area contributed by atoms with Crippen LogP contribution in [0, 0.1) is 40.4 Å². The lowest BCUT2D eigenvalue weighted by Crippen LogP contribution is -2.13. The number of pyridine rings is 4. The van der Waals surface area contributed by atoms with Crippen molar-refractivity contribution in [2.75, 3.05) is 0 Å². The average molecular weight is 947 g/mol. The van der Waals surface area contributed by atoms with Gasteiger partial charge in [-0.2, -0.15) is 0 Å². The maximum Gasteiger partial charge on any atom is 0.141 e. The maximum atomic E-state index is 12.4. The van der Waals surface area contributed by atoms with Crippen LogP contribution in [0.5, 0.6) is 0 Å². The first kappa shape index (κ1) is 60.6. The van der Waals surface area contributed by atoms with E-state index >= 15 is 0 Å². The molecule has 4 aromatic heterocycles. The fourth-order valence-corrected chi connectivity index (χ4v) is 6.52. The van der Waals surface area contributed by atoms with Crippen molar-refractivity contribution in [1.82, 2.24) is 19.9 Å². The van der Waals surface area contributed by atoms with Gasteiger partial charge in [-0.25, -0.2) is 4.39 Å². The van der Waals surface area contributed by atoms with Gasteiger partial charge in [-0.1, -0.05) is 221 Å². The summed E-state index contributed by atoms with van der Waals surface area (Å²) in [5.41, 5.74) is 15.8. The van der Waals surface area contributed by atoms with Crippen LogP contribution in [-0.2, 0) is 32.5 Å². The van der Waals surface area contributed by atoms with E-state index in [-0.39, 0.29) is 38.3 Å². The van der Waals surface area contributed by atoms with Crippen molar-refractivity contribution in [3.63, 3.8) is 0 Å². The van der Waals surface area contributed by atoms with Gasteiger partial charge in [0, 0.05) is 56.8 Å². The summed E-state index contributed by atoms with van der Waals surface area (Å²) in [6.45, 7) is 49.7. The Labute approximate surface area is 426 Å². The SMILES string of the molecule is CC(C)(C)c1ccc(F)cn1.Cc1ccc(C(C)(C)C)cc1.Cc1ccc(C(C)(C)C)cn1.Cc1ccc(C(C)(C)C)nc1.Cc1cccc(C(C)(C)C)c1.Cc1cccc2ccc(C(C)(C)C)nc12. The molecule has 0 aliphatic carbocycles. The molecule has 3 aromatic carbocycles. The number of nitrogens with zero attached hydrogens (tertiary/aromatic N) is 4. The molecule has 5 heteroatoms. The van der Waals surface area contributed by atoms with E-state index in [1.807, 2.05) is 40.1 Å². The van der Waals surface area contributed by atoms with Crippen molar-refractivity contribution in [1.29, 1.82) is 0 Å². The number of rotatable bonds is 0. The number of aryl methyl sites for hydroxylation is 5. The Morgan fingerprint density at radius 1 is 0.343 bits per heavy atom. The molecule has 378 valence electrons. The summed E-state index contributed by atoms with van der Waals surface area (Å²) < 4.78 is 12.4. The van der Waals surface area contributed by atoms with E-state index in [1.54, 1.807) is 6.07 Å². The van der Waals surface area contributed by atoms with E-state index < -0.39 is 0 Å². The summed E-state index contributed by atoms with van der Waals surface area (Å²) in [6.07, 6.45) is 5.12. The van der Waals surface area contributed by atoms with Crippen molar-refractivity contribution in [3.05, 3.63) is 201 Å². The molecule has 0 aliphatic heterocycles. The molecular formula is C65H91FN4. The molecule has 0 unspecified atom stereocenters. The van der Waals surface area contributed by atoms with Crippen LogP contribution in [0.25, 0.3) is 10.9 Å². The quantitative estimate of drug-likeness (QED) is 0.152. The largest absolute Gasteiger partial charge is 0.261 e. The Kier molecular flexibility index (Phi) is 22.1. The molecule has 0 aliphatic rings. The molecule has 0 spiro atoms. The summed E-state index contributed by atoms with van der Waals surface area (Å²) in [7, 11) is 0. The smallest absolute Gasteiger partial charge is 0.141 e. The van der Waals surface area contributed by atoms with Crippen LogP contribution in [0.1, 0.15) is 186 Å². The fraction of sp³-hybridized carbons (Fsp3) is 0.446. The molecule has 7 rings (SSSR count). The number of benzene rings is 3. The molecule has 0 saturated heterocycles. The molecule has 7 aromatic rings. The third-order valence-electron chi connectivity index (χ3n) is 11.4. The highest BCUT2D eigenvalue weighted by atomic mass is 19.1. The molecule has 4 heterocycles. The van der Waals surface area contributed by atoms with E-state index in [0.717, 1.165) is 28.3 Å². The van der Waals surface area contributed by atoms with Gasteiger partial charge in [-0.15, -0.1) is 0 Å². The van der Waals surface area contributed by atoms with Gasteiger partial charge in [0.05, 0.1) is 11.7 Å². The lowest BCUT2D eigenvalue weighted by Gasteiger charge is -2.19. The summed E-state index contributed by atoms with van der Waals surface area (Å²) in [6, 6.07) is 39.6. The van der Waals surface area contributed by atoms with E-state index in [9.17, 15) is 4.39 Å². The Balaban J connectivity index is 0.000000289. The zero-order valence-electron chi connectivity index (χ0n) is 47.9. The van der Waals surface area contributed by atoms with Crippen LogP contribution < -0.4 is 0 Å². The summed E-state index contributed by atoms with van der Waals surface area (Å²) in [5, 5.41) is 1.23. The second-order valence-electron chi connectivity index (χ2n) is 24.8. The third-order valence-corrected chi connectivity index (χ3v) is 11.4. The van der Waals surface area contributed by atoms with Crippen molar-refractivity contribution in [2.24, 2.45) is 0 Å². The normalized spacial score (nSPS) is 11.7. The third kappa shape index (κ3) is 22.0. The van der Waals surface area contributed by atoms with E-state index in [0.29, 0.717) is 0 Å². The summed E-state index contributed by atoms with van der Waals surface area (Å²) >= 11 is 0. The van der Waals surface area contributed by atoms with Crippen LogP contribution in [-0.4, -0.2) is 19.9 Å². The minimum Gasteiger partial charge on any atom is -0.261 e. The second-order valence-corrected chi connectivity index (χ2v) is 24.8. The predicted molar refractivity (Wildman–Crippen MR) is 303 cm³/mol. The molecule has 0 saturated carbocycles. The minimum absolute atomic E-state index is 0.00764. The topological polar surface area (TPSA) is 51.6 Å². The molecule has 0 N–H and O–H groups in total. The predicted octanol–water partition coefficient (Wildman–Crippen LogP) is 18.3. The van der Waals surface area contributed by atoms with Gasteiger partial charge in [0.15, 0.2) is 0 Å². The molecule has 0 fully saturated rings. The van der Waals surface area contributed by atoms with Gasteiger partial charge < -0.3 is 0 Å². The first-order valence-electron chi connectivity index (χ1n) is 25.0. The lowest BCUT2D eigenvalue weighted by atomic mass is 9.86. The number of aromatic nitrogens is 4. The number of para-hydroxylation sites is 1. The lowest BCUT2D eigenvalue weighted by molar-refractivity contribution is 0.557. The highest BCUT2D eigenvalue weighted by molar-refractivity contribution is 5.81. The van der Waals surface area contributed by atoms with Crippen LogP contribution in [0.2, 0.25) is 0 Å². The Morgan fingerprint density at radius 2 is 0.814 bits per heavy atom. The minimum atomic E-state index is -0.280. The zero-order valence-corrected chi connectivity index (χ0v) is 47.9. The molecule has 0 amide bonds. The van der Waals surface area contributed by atoms with Crippen LogP contribution in [0.4, 0.5) is 4.39 Å². The first-order chi connectivity index (χ1) is 32.0. The number of hydrogen-bond acceptors (Lipinski definition) is 4. The molecule has 0 radical (unpaired) electrons. The maximum absolute atomic E-state index is 12.4. The average Bonchev–Trinajstić information content (AvgIpc) is 3.24. The molecule has 0 atom stereocenters. The Bertz CT molecular complexity index is 2380. The summed E-state index contributed by atoms with van der Waals surface area (Å²) in [4.78, 5) is 17.3. The van der Waals surface area contributed by atoms with Crippen LogP contribution in [0.3, 0.4) is 0 Å². The van der Waals surface area contributed by atoms with Gasteiger partial charge in [-0.3, -0.25) is 19.9 Å². The van der Waals surface area contributed by atoms with Gasteiger partial charge in [0.1, 0.15) is 5.82 Å². The zero-order chi connectivity index (χ0) is 53.5. The molecular weight excluding hydrogens is 856 g/mol. The second kappa shape index (κ2) is 25.5. The van der Waals surface area contributed by atoms with E-state index in [1.165, 1.54) is 56.6 Å². The molecule has 4 nitrogen and oxygen atoms in total. The van der Waals surface area contributed by atoms with Crippen LogP contribution >= 0.6 is 0 Å².